The predicted octanol–water partition coefficient (Wildman–Crippen LogP) is 2.89. The summed E-state index contributed by atoms with van der Waals surface area (Å²) in [5, 5.41) is 3.96. The summed E-state index contributed by atoms with van der Waals surface area (Å²) < 4.78 is 3.49. The number of hydrogen-bond acceptors (Lipinski definition) is 3. The number of nitrogens with zero attached hydrogens (tertiary/aromatic N) is 2. The highest BCUT2D eigenvalue weighted by molar-refractivity contribution is 7.16. The molecule has 1 aromatic heterocycles. The standard InChI is InChI=1S/C13H18ClN3S/c1-15-7-3-4-8-17-11-6-5-10(14)9-12(11)18-13(17)16-2/h5-6,9,15H,3-4,7-8H2,1-2H3. The Bertz CT molecular complexity index is 585. The third-order valence-corrected chi connectivity index (χ3v) is 4.26. The topological polar surface area (TPSA) is 29.3 Å². The first-order valence-corrected chi connectivity index (χ1v) is 7.32. The highest BCUT2D eigenvalue weighted by Gasteiger charge is 2.05. The Morgan fingerprint density at radius 2 is 2.22 bits per heavy atom. The first-order valence-electron chi connectivity index (χ1n) is 6.12. The normalized spacial score (nSPS) is 12.5. The van der Waals surface area contributed by atoms with Gasteiger partial charge in [0.15, 0.2) is 4.80 Å². The van der Waals surface area contributed by atoms with E-state index in [-0.39, 0.29) is 0 Å². The van der Waals surface area contributed by atoms with Crippen molar-refractivity contribution in [3.05, 3.63) is 28.0 Å². The van der Waals surface area contributed by atoms with Gasteiger partial charge in [-0.15, -0.1) is 0 Å². The van der Waals surface area contributed by atoms with Crippen molar-refractivity contribution in [2.45, 2.75) is 19.4 Å². The third kappa shape index (κ3) is 2.94. The van der Waals surface area contributed by atoms with Gasteiger partial charge in [0.2, 0.25) is 0 Å². The van der Waals surface area contributed by atoms with Gasteiger partial charge in [-0.1, -0.05) is 22.9 Å². The van der Waals surface area contributed by atoms with Gasteiger partial charge in [-0.25, -0.2) is 0 Å². The Labute approximate surface area is 116 Å². The fourth-order valence-electron chi connectivity index (χ4n) is 2.00. The summed E-state index contributed by atoms with van der Waals surface area (Å²) in [6.07, 6.45) is 2.33. The van der Waals surface area contributed by atoms with E-state index in [1.807, 2.05) is 26.2 Å². The molecule has 1 N–H and O–H groups in total. The molecule has 0 aliphatic heterocycles. The van der Waals surface area contributed by atoms with Crippen LogP contribution in [0.15, 0.2) is 23.2 Å². The maximum Gasteiger partial charge on any atom is 0.185 e. The second-order valence-corrected chi connectivity index (χ2v) is 5.63. The summed E-state index contributed by atoms with van der Waals surface area (Å²) in [5.74, 6) is 0. The maximum atomic E-state index is 6.03. The lowest BCUT2D eigenvalue weighted by molar-refractivity contribution is 0.592. The van der Waals surface area contributed by atoms with E-state index in [1.54, 1.807) is 11.3 Å². The maximum absolute atomic E-state index is 6.03. The van der Waals surface area contributed by atoms with Crippen molar-refractivity contribution in [2.75, 3.05) is 20.6 Å². The Morgan fingerprint density at radius 3 is 2.94 bits per heavy atom. The minimum absolute atomic E-state index is 0.786. The van der Waals surface area contributed by atoms with Crippen LogP contribution in [0.1, 0.15) is 12.8 Å². The Kier molecular flexibility index (Phi) is 4.80. The second kappa shape index (κ2) is 6.36. The zero-order valence-electron chi connectivity index (χ0n) is 10.7. The van der Waals surface area contributed by atoms with Crippen LogP contribution in [0.4, 0.5) is 0 Å². The number of benzene rings is 1. The minimum Gasteiger partial charge on any atom is -0.320 e. The van der Waals surface area contributed by atoms with Crippen LogP contribution in [0.2, 0.25) is 5.02 Å². The van der Waals surface area contributed by atoms with Crippen molar-refractivity contribution in [3.63, 3.8) is 0 Å². The van der Waals surface area contributed by atoms with E-state index < -0.39 is 0 Å². The molecule has 0 fully saturated rings. The molecule has 3 nitrogen and oxygen atoms in total. The van der Waals surface area contributed by atoms with Gasteiger partial charge in [0.1, 0.15) is 0 Å². The fourth-order valence-corrected chi connectivity index (χ4v) is 3.30. The summed E-state index contributed by atoms with van der Waals surface area (Å²) in [6.45, 7) is 2.07. The third-order valence-electron chi connectivity index (χ3n) is 2.89. The number of aromatic nitrogens is 1. The number of fused-ring (bicyclic) bond motifs is 1. The minimum atomic E-state index is 0.786. The lowest BCUT2D eigenvalue weighted by atomic mass is 10.3. The first-order chi connectivity index (χ1) is 8.76. The van der Waals surface area contributed by atoms with Gasteiger partial charge in [-0.2, -0.15) is 0 Å². The number of aryl methyl sites for hydroxylation is 1. The van der Waals surface area contributed by atoms with Crippen LogP contribution in [0.25, 0.3) is 10.2 Å². The smallest absolute Gasteiger partial charge is 0.185 e. The molecule has 2 rings (SSSR count). The van der Waals surface area contributed by atoms with Gasteiger partial charge >= 0.3 is 0 Å². The van der Waals surface area contributed by atoms with E-state index in [4.69, 9.17) is 11.6 Å². The SMILES string of the molecule is CN=c1sc2cc(Cl)ccc2n1CCCCNC. The molecule has 0 aliphatic rings. The quantitative estimate of drug-likeness (QED) is 0.840. The van der Waals surface area contributed by atoms with Crippen molar-refractivity contribution in [3.8, 4) is 0 Å². The zero-order valence-corrected chi connectivity index (χ0v) is 12.3. The van der Waals surface area contributed by atoms with Crippen LogP contribution in [0.3, 0.4) is 0 Å². The molecule has 0 spiro atoms. The number of hydrogen-bond donors (Lipinski definition) is 1. The molecule has 18 heavy (non-hydrogen) atoms. The average molecular weight is 284 g/mol. The number of halogens is 1. The van der Waals surface area contributed by atoms with Gasteiger partial charge in [0.05, 0.1) is 10.2 Å². The molecule has 1 aromatic carbocycles. The highest BCUT2D eigenvalue weighted by Crippen LogP contribution is 2.22. The van der Waals surface area contributed by atoms with Crippen LogP contribution < -0.4 is 10.1 Å². The van der Waals surface area contributed by atoms with Crippen molar-refractivity contribution < 1.29 is 0 Å². The van der Waals surface area contributed by atoms with Gasteiger partial charge in [0, 0.05) is 18.6 Å². The number of thiazole rings is 1. The van der Waals surface area contributed by atoms with E-state index in [9.17, 15) is 0 Å². The van der Waals surface area contributed by atoms with Crippen molar-refractivity contribution >= 4 is 33.2 Å². The number of rotatable bonds is 5. The Morgan fingerprint density at radius 1 is 1.39 bits per heavy atom. The monoisotopic (exact) mass is 283 g/mol. The summed E-state index contributed by atoms with van der Waals surface area (Å²) in [5.41, 5.74) is 1.23. The largest absolute Gasteiger partial charge is 0.320 e. The summed E-state index contributed by atoms with van der Waals surface area (Å²) in [4.78, 5) is 5.43. The van der Waals surface area contributed by atoms with E-state index in [0.29, 0.717) is 0 Å². The van der Waals surface area contributed by atoms with Gasteiger partial charge in [-0.05, 0) is 44.6 Å². The van der Waals surface area contributed by atoms with Crippen molar-refractivity contribution in [1.29, 1.82) is 0 Å². The molecule has 0 saturated carbocycles. The Balaban J connectivity index is 2.30. The summed E-state index contributed by atoms with van der Waals surface area (Å²) >= 11 is 7.73. The van der Waals surface area contributed by atoms with Gasteiger partial charge in [-0.3, -0.25) is 4.99 Å². The van der Waals surface area contributed by atoms with Crippen LogP contribution in [-0.4, -0.2) is 25.2 Å². The van der Waals surface area contributed by atoms with Crippen molar-refractivity contribution in [2.24, 2.45) is 4.99 Å². The Hall–Kier alpha value is -0.840. The van der Waals surface area contributed by atoms with Crippen molar-refractivity contribution in [1.82, 2.24) is 9.88 Å². The molecule has 0 saturated heterocycles. The summed E-state index contributed by atoms with van der Waals surface area (Å²) in [7, 11) is 3.83. The molecule has 0 radical (unpaired) electrons. The highest BCUT2D eigenvalue weighted by atomic mass is 35.5. The van der Waals surface area contributed by atoms with Crippen LogP contribution >= 0.6 is 22.9 Å². The zero-order chi connectivity index (χ0) is 13.0. The molecule has 0 aliphatic carbocycles. The molecular weight excluding hydrogens is 266 g/mol. The predicted molar refractivity (Wildman–Crippen MR) is 79.5 cm³/mol. The van der Waals surface area contributed by atoms with Crippen LogP contribution in [-0.2, 0) is 6.54 Å². The molecule has 0 atom stereocenters. The summed E-state index contributed by atoms with van der Waals surface area (Å²) in [6, 6.07) is 6.04. The fraction of sp³-hybridized carbons (Fsp3) is 0.462. The molecule has 5 heteroatoms. The van der Waals surface area contributed by atoms with Crippen LogP contribution in [0.5, 0.6) is 0 Å². The second-order valence-electron chi connectivity index (χ2n) is 4.18. The average Bonchev–Trinajstić information content (AvgIpc) is 2.71. The van der Waals surface area contributed by atoms with Gasteiger partial charge < -0.3 is 9.88 Å². The molecule has 98 valence electrons. The van der Waals surface area contributed by atoms with Crippen LogP contribution in [0, 0.1) is 0 Å². The lowest BCUT2D eigenvalue weighted by Gasteiger charge is -2.05. The van der Waals surface area contributed by atoms with E-state index >= 15 is 0 Å². The molecule has 0 bridgehead atoms. The first kappa shape index (κ1) is 13.6. The van der Waals surface area contributed by atoms with E-state index in [2.05, 4.69) is 20.9 Å². The van der Waals surface area contributed by atoms with E-state index in [0.717, 1.165) is 29.3 Å². The lowest BCUT2D eigenvalue weighted by Crippen LogP contribution is -2.16. The number of nitrogens with one attached hydrogen (secondary N) is 1. The molecule has 1 heterocycles. The molecule has 2 aromatic rings. The molecular formula is C13H18ClN3S. The molecule has 0 amide bonds. The number of unbranched alkanes of at least 4 members (excludes halogenated alkanes) is 1. The molecule has 0 unspecified atom stereocenters. The van der Waals surface area contributed by atoms with Gasteiger partial charge in [0.25, 0.3) is 0 Å². The van der Waals surface area contributed by atoms with E-state index in [1.165, 1.54) is 16.6 Å².